The van der Waals surface area contributed by atoms with Crippen LogP contribution in [0.1, 0.15) is 32.3 Å². The van der Waals surface area contributed by atoms with Gasteiger partial charge < -0.3 is 10.2 Å². The maximum Gasteiger partial charge on any atom is 0.0640 e. The molecule has 1 aliphatic rings. The fourth-order valence-electron chi connectivity index (χ4n) is 2.95. The average molecular weight is 281 g/mol. The number of anilines is 1. The van der Waals surface area contributed by atoms with Gasteiger partial charge >= 0.3 is 0 Å². The van der Waals surface area contributed by atoms with Gasteiger partial charge in [-0.3, -0.25) is 0 Å². The summed E-state index contributed by atoms with van der Waals surface area (Å²) in [6, 6.07) is 6.54. The highest BCUT2D eigenvalue weighted by molar-refractivity contribution is 6.33. The number of benzene rings is 1. The Kier molecular flexibility index (Phi) is 5.12. The molecule has 2 atom stereocenters. The van der Waals surface area contributed by atoms with Gasteiger partial charge in [0.1, 0.15) is 0 Å². The molecule has 2 unspecified atom stereocenters. The van der Waals surface area contributed by atoms with E-state index in [9.17, 15) is 0 Å². The Morgan fingerprint density at radius 1 is 1.47 bits per heavy atom. The van der Waals surface area contributed by atoms with Crippen molar-refractivity contribution in [2.75, 3.05) is 25.0 Å². The molecule has 0 saturated carbocycles. The molecule has 1 heterocycles. The average Bonchev–Trinajstić information content (AvgIpc) is 2.43. The third-order valence-corrected chi connectivity index (χ3v) is 4.61. The molecule has 1 saturated heterocycles. The fourth-order valence-corrected chi connectivity index (χ4v) is 3.22. The molecule has 0 amide bonds. The van der Waals surface area contributed by atoms with Crippen LogP contribution < -0.4 is 5.32 Å². The van der Waals surface area contributed by atoms with E-state index in [-0.39, 0.29) is 0 Å². The van der Waals surface area contributed by atoms with Gasteiger partial charge in [0.25, 0.3) is 0 Å². The zero-order chi connectivity index (χ0) is 13.8. The van der Waals surface area contributed by atoms with Crippen LogP contribution in [0.2, 0.25) is 5.02 Å². The lowest BCUT2D eigenvalue weighted by molar-refractivity contribution is 0.172. The van der Waals surface area contributed by atoms with E-state index >= 15 is 0 Å². The van der Waals surface area contributed by atoms with E-state index in [0.29, 0.717) is 12.0 Å². The smallest absolute Gasteiger partial charge is 0.0640 e. The Labute approximate surface area is 122 Å². The van der Waals surface area contributed by atoms with Crippen LogP contribution in [-0.2, 0) is 0 Å². The predicted octanol–water partition coefficient (Wildman–Crippen LogP) is 4.18. The largest absolute Gasteiger partial charge is 0.381 e. The van der Waals surface area contributed by atoms with Crippen molar-refractivity contribution in [2.45, 2.75) is 39.7 Å². The quantitative estimate of drug-likeness (QED) is 0.890. The SMILES string of the molecule is CCN1CCCC(C(C)Nc2c(C)cccc2Cl)C1. The van der Waals surface area contributed by atoms with Gasteiger partial charge in [0.2, 0.25) is 0 Å². The first-order chi connectivity index (χ1) is 9.11. The van der Waals surface area contributed by atoms with Crippen molar-refractivity contribution < 1.29 is 0 Å². The molecule has 1 aromatic rings. The minimum absolute atomic E-state index is 0.466. The van der Waals surface area contributed by atoms with E-state index in [0.717, 1.165) is 17.3 Å². The molecule has 0 radical (unpaired) electrons. The summed E-state index contributed by atoms with van der Waals surface area (Å²) in [5.41, 5.74) is 2.33. The van der Waals surface area contributed by atoms with E-state index in [4.69, 9.17) is 11.6 Å². The normalized spacial score (nSPS) is 22.2. The molecule has 1 fully saturated rings. The van der Waals surface area contributed by atoms with Gasteiger partial charge in [0.15, 0.2) is 0 Å². The number of halogens is 1. The first-order valence-corrected chi connectivity index (χ1v) is 7.73. The third-order valence-electron chi connectivity index (χ3n) is 4.29. The summed E-state index contributed by atoms with van der Waals surface area (Å²) in [5.74, 6) is 0.712. The lowest BCUT2D eigenvalue weighted by Gasteiger charge is -2.36. The molecular formula is C16H25ClN2. The van der Waals surface area contributed by atoms with Gasteiger partial charge in [-0.1, -0.05) is 30.7 Å². The van der Waals surface area contributed by atoms with Crippen LogP contribution in [0.4, 0.5) is 5.69 Å². The predicted molar refractivity (Wildman–Crippen MR) is 84.1 cm³/mol. The van der Waals surface area contributed by atoms with Crippen molar-refractivity contribution in [3.8, 4) is 0 Å². The number of aryl methyl sites for hydroxylation is 1. The summed E-state index contributed by atoms with van der Waals surface area (Å²) in [6.07, 6.45) is 2.63. The molecule has 19 heavy (non-hydrogen) atoms. The second-order valence-electron chi connectivity index (χ2n) is 5.66. The number of likely N-dealkylation sites (tertiary alicyclic amines) is 1. The summed E-state index contributed by atoms with van der Waals surface area (Å²) >= 11 is 6.30. The molecule has 3 heteroatoms. The second-order valence-corrected chi connectivity index (χ2v) is 6.07. The highest BCUT2D eigenvalue weighted by atomic mass is 35.5. The number of hydrogen-bond donors (Lipinski definition) is 1. The lowest BCUT2D eigenvalue weighted by Crippen LogP contribution is -2.41. The van der Waals surface area contributed by atoms with E-state index in [1.165, 1.54) is 31.5 Å². The number of hydrogen-bond acceptors (Lipinski definition) is 2. The molecule has 1 aliphatic heterocycles. The summed E-state index contributed by atoms with van der Waals surface area (Å²) < 4.78 is 0. The molecule has 1 N–H and O–H groups in total. The van der Waals surface area contributed by atoms with Crippen LogP contribution in [0.3, 0.4) is 0 Å². The molecule has 0 aromatic heterocycles. The highest BCUT2D eigenvalue weighted by Crippen LogP contribution is 2.29. The topological polar surface area (TPSA) is 15.3 Å². The molecule has 0 aliphatic carbocycles. The van der Waals surface area contributed by atoms with Crippen LogP contribution >= 0.6 is 11.6 Å². The number of nitrogens with one attached hydrogen (secondary N) is 1. The van der Waals surface area contributed by atoms with Gasteiger partial charge in [0, 0.05) is 12.6 Å². The van der Waals surface area contributed by atoms with E-state index in [2.05, 4.69) is 37.1 Å². The fraction of sp³-hybridized carbons (Fsp3) is 0.625. The molecule has 2 rings (SSSR count). The Morgan fingerprint density at radius 2 is 2.26 bits per heavy atom. The summed E-state index contributed by atoms with van der Waals surface area (Å²) in [5, 5.41) is 4.46. The standard InChI is InChI=1S/C16H25ClN2/c1-4-19-10-6-8-14(11-19)13(3)18-16-12(2)7-5-9-15(16)17/h5,7,9,13-14,18H,4,6,8,10-11H2,1-3H3. The van der Waals surface area contributed by atoms with Crippen molar-refractivity contribution in [3.63, 3.8) is 0 Å². The Hall–Kier alpha value is -0.730. The van der Waals surface area contributed by atoms with Gasteiger partial charge in [-0.25, -0.2) is 0 Å². The maximum absolute atomic E-state index is 6.30. The zero-order valence-electron chi connectivity index (χ0n) is 12.2. The Morgan fingerprint density at radius 3 is 2.95 bits per heavy atom. The van der Waals surface area contributed by atoms with Crippen molar-refractivity contribution in [2.24, 2.45) is 5.92 Å². The zero-order valence-corrected chi connectivity index (χ0v) is 13.0. The Bertz CT molecular complexity index is 399. The van der Waals surface area contributed by atoms with Gasteiger partial charge in [-0.2, -0.15) is 0 Å². The van der Waals surface area contributed by atoms with Crippen molar-refractivity contribution >= 4 is 17.3 Å². The third kappa shape index (κ3) is 3.64. The van der Waals surface area contributed by atoms with Crippen LogP contribution in [0.25, 0.3) is 0 Å². The van der Waals surface area contributed by atoms with Crippen LogP contribution in [0.5, 0.6) is 0 Å². The Balaban J connectivity index is 2.02. The number of rotatable bonds is 4. The van der Waals surface area contributed by atoms with Gasteiger partial charge in [-0.05, 0) is 57.3 Å². The number of para-hydroxylation sites is 1. The minimum Gasteiger partial charge on any atom is -0.381 e. The number of piperidine rings is 1. The van der Waals surface area contributed by atoms with Gasteiger partial charge in [-0.15, -0.1) is 0 Å². The second kappa shape index (κ2) is 6.62. The van der Waals surface area contributed by atoms with Crippen molar-refractivity contribution in [1.82, 2.24) is 4.90 Å². The monoisotopic (exact) mass is 280 g/mol. The van der Waals surface area contributed by atoms with Crippen LogP contribution in [0.15, 0.2) is 18.2 Å². The first kappa shape index (κ1) is 14.7. The van der Waals surface area contributed by atoms with Crippen molar-refractivity contribution in [3.05, 3.63) is 28.8 Å². The molecule has 2 nitrogen and oxygen atoms in total. The van der Waals surface area contributed by atoms with E-state index in [1.807, 2.05) is 12.1 Å². The summed E-state index contributed by atoms with van der Waals surface area (Å²) in [7, 11) is 0. The van der Waals surface area contributed by atoms with Crippen LogP contribution in [0, 0.1) is 12.8 Å². The van der Waals surface area contributed by atoms with E-state index in [1.54, 1.807) is 0 Å². The van der Waals surface area contributed by atoms with Crippen molar-refractivity contribution in [1.29, 1.82) is 0 Å². The van der Waals surface area contributed by atoms with Gasteiger partial charge in [0.05, 0.1) is 10.7 Å². The maximum atomic E-state index is 6.30. The molecular weight excluding hydrogens is 256 g/mol. The summed E-state index contributed by atoms with van der Waals surface area (Å²) in [4.78, 5) is 2.55. The molecule has 0 spiro atoms. The minimum atomic E-state index is 0.466. The highest BCUT2D eigenvalue weighted by Gasteiger charge is 2.24. The van der Waals surface area contributed by atoms with Crippen LogP contribution in [-0.4, -0.2) is 30.6 Å². The molecule has 0 bridgehead atoms. The van der Waals surface area contributed by atoms with E-state index < -0.39 is 0 Å². The molecule has 1 aromatic carbocycles. The number of nitrogens with zero attached hydrogens (tertiary/aromatic N) is 1. The lowest BCUT2D eigenvalue weighted by atomic mass is 9.91. The summed E-state index contributed by atoms with van der Waals surface area (Å²) in [6.45, 7) is 10.3. The first-order valence-electron chi connectivity index (χ1n) is 7.35. The molecule has 106 valence electrons.